The number of nitrogens with zero attached hydrogens (tertiary/aromatic N) is 1. The van der Waals surface area contributed by atoms with Gasteiger partial charge in [-0.1, -0.05) is 18.2 Å². The van der Waals surface area contributed by atoms with Gasteiger partial charge in [0.05, 0.1) is 12.3 Å². The first-order valence-corrected chi connectivity index (χ1v) is 8.45. The molecule has 0 aliphatic heterocycles. The number of thioether (sulfide) groups is 1. The molecule has 0 aliphatic rings. The molecule has 19 heavy (non-hydrogen) atoms. The number of benzene rings is 1. The average Bonchev–Trinajstić information content (AvgIpc) is 2.82. The van der Waals surface area contributed by atoms with E-state index in [2.05, 4.69) is 22.0 Å². The minimum Gasteiger partial charge on any atom is -0.340 e. The Morgan fingerprint density at radius 1 is 1.37 bits per heavy atom. The van der Waals surface area contributed by atoms with E-state index in [0.717, 1.165) is 9.37 Å². The van der Waals surface area contributed by atoms with Crippen molar-refractivity contribution in [3.8, 4) is 0 Å². The highest BCUT2D eigenvalue weighted by Gasteiger charge is 2.10. The summed E-state index contributed by atoms with van der Waals surface area (Å²) in [6.07, 6.45) is 0. The van der Waals surface area contributed by atoms with E-state index in [4.69, 9.17) is 0 Å². The number of thiophene rings is 1. The normalized spacial score (nSPS) is 10.4. The fourth-order valence-electron chi connectivity index (χ4n) is 1.53. The molecule has 0 spiro atoms. The Labute approximate surface area is 130 Å². The van der Waals surface area contributed by atoms with Gasteiger partial charge in [-0.15, -0.1) is 23.1 Å². The van der Waals surface area contributed by atoms with Crippen molar-refractivity contribution >= 4 is 44.9 Å². The first-order chi connectivity index (χ1) is 9.15. The molecule has 0 fully saturated rings. The molecule has 2 rings (SSSR count). The molecule has 0 saturated heterocycles. The van der Waals surface area contributed by atoms with Gasteiger partial charge in [0.1, 0.15) is 0 Å². The molecule has 1 aromatic carbocycles. The van der Waals surface area contributed by atoms with Gasteiger partial charge in [0.2, 0.25) is 5.91 Å². The fraction of sp³-hybridized carbons (Fsp3) is 0.214. The second-order valence-electron chi connectivity index (χ2n) is 4.08. The SMILES string of the molecule is CN(Cc1cc(Br)cs1)C(=O)CSc1ccccc1. The predicted octanol–water partition coefficient (Wildman–Crippen LogP) is 4.26. The van der Waals surface area contributed by atoms with E-state index in [1.807, 2.05) is 42.8 Å². The molecular weight excluding hydrogens is 342 g/mol. The van der Waals surface area contributed by atoms with Crippen molar-refractivity contribution in [2.45, 2.75) is 11.4 Å². The van der Waals surface area contributed by atoms with Crippen molar-refractivity contribution in [2.24, 2.45) is 0 Å². The van der Waals surface area contributed by atoms with E-state index in [0.29, 0.717) is 12.3 Å². The summed E-state index contributed by atoms with van der Waals surface area (Å²) in [6, 6.07) is 12.0. The molecule has 100 valence electrons. The van der Waals surface area contributed by atoms with E-state index in [1.165, 1.54) is 4.88 Å². The maximum Gasteiger partial charge on any atom is 0.233 e. The minimum absolute atomic E-state index is 0.151. The third kappa shape index (κ3) is 4.67. The summed E-state index contributed by atoms with van der Waals surface area (Å²) in [7, 11) is 1.85. The monoisotopic (exact) mass is 355 g/mol. The molecule has 0 N–H and O–H groups in total. The van der Waals surface area contributed by atoms with Crippen molar-refractivity contribution in [3.63, 3.8) is 0 Å². The summed E-state index contributed by atoms with van der Waals surface area (Å²) in [5, 5.41) is 2.03. The number of carbonyl (C=O) groups excluding carboxylic acids is 1. The van der Waals surface area contributed by atoms with Crippen molar-refractivity contribution < 1.29 is 4.79 Å². The average molecular weight is 356 g/mol. The Morgan fingerprint density at radius 3 is 2.74 bits per heavy atom. The molecule has 0 bridgehead atoms. The maximum atomic E-state index is 12.0. The molecule has 0 radical (unpaired) electrons. The number of rotatable bonds is 5. The Hall–Kier alpha value is -0.780. The highest BCUT2D eigenvalue weighted by Crippen LogP contribution is 2.22. The van der Waals surface area contributed by atoms with Crippen LogP contribution < -0.4 is 0 Å². The van der Waals surface area contributed by atoms with Crippen LogP contribution >= 0.6 is 39.0 Å². The fourth-order valence-corrected chi connectivity index (χ4v) is 3.89. The van der Waals surface area contributed by atoms with Crippen LogP contribution in [-0.2, 0) is 11.3 Å². The Bertz CT molecular complexity index is 541. The molecule has 1 amide bonds. The highest BCUT2D eigenvalue weighted by molar-refractivity contribution is 9.10. The Kier molecular flexibility index (Phi) is 5.48. The molecular formula is C14H14BrNOS2. The molecule has 0 atom stereocenters. The van der Waals surface area contributed by atoms with Crippen LogP contribution in [0.1, 0.15) is 4.88 Å². The van der Waals surface area contributed by atoms with E-state index >= 15 is 0 Å². The minimum atomic E-state index is 0.151. The van der Waals surface area contributed by atoms with Crippen LogP contribution in [0.15, 0.2) is 51.1 Å². The van der Waals surface area contributed by atoms with Crippen LogP contribution in [0.3, 0.4) is 0 Å². The van der Waals surface area contributed by atoms with E-state index in [-0.39, 0.29) is 5.91 Å². The van der Waals surface area contributed by atoms with Crippen LogP contribution in [0.4, 0.5) is 0 Å². The van der Waals surface area contributed by atoms with Gasteiger partial charge in [-0.25, -0.2) is 0 Å². The van der Waals surface area contributed by atoms with Gasteiger partial charge in [-0.2, -0.15) is 0 Å². The number of amides is 1. The number of hydrogen-bond donors (Lipinski definition) is 0. The lowest BCUT2D eigenvalue weighted by Gasteiger charge is -2.15. The molecule has 0 unspecified atom stereocenters. The second-order valence-corrected chi connectivity index (χ2v) is 7.04. The molecule has 1 heterocycles. The van der Waals surface area contributed by atoms with Gasteiger partial charge in [0.25, 0.3) is 0 Å². The molecule has 0 aliphatic carbocycles. The van der Waals surface area contributed by atoms with E-state index < -0.39 is 0 Å². The molecule has 2 nitrogen and oxygen atoms in total. The maximum absolute atomic E-state index is 12.0. The van der Waals surface area contributed by atoms with Crippen LogP contribution in [0.5, 0.6) is 0 Å². The zero-order valence-corrected chi connectivity index (χ0v) is 13.7. The van der Waals surface area contributed by atoms with Gasteiger partial charge < -0.3 is 4.90 Å². The summed E-state index contributed by atoms with van der Waals surface area (Å²) in [6.45, 7) is 0.671. The van der Waals surface area contributed by atoms with Crippen LogP contribution in [0.2, 0.25) is 0 Å². The van der Waals surface area contributed by atoms with Gasteiger partial charge in [0.15, 0.2) is 0 Å². The summed E-state index contributed by atoms with van der Waals surface area (Å²) < 4.78 is 1.08. The largest absolute Gasteiger partial charge is 0.340 e. The smallest absolute Gasteiger partial charge is 0.233 e. The lowest BCUT2D eigenvalue weighted by Crippen LogP contribution is -2.27. The standard InChI is InChI=1S/C14H14BrNOS2/c1-16(8-13-7-11(15)9-18-13)14(17)10-19-12-5-3-2-4-6-12/h2-7,9H,8,10H2,1H3. The number of hydrogen-bond acceptors (Lipinski definition) is 3. The molecule has 5 heteroatoms. The number of carbonyl (C=O) groups is 1. The van der Waals surface area contributed by atoms with Gasteiger partial charge in [0, 0.05) is 26.7 Å². The van der Waals surface area contributed by atoms with Crippen molar-refractivity contribution in [3.05, 3.63) is 51.1 Å². The molecule has 0 saturated carbocycles. The van der Waals surface area contributed by atoms with E-state index in [1.54, 1.807) is 28.0 Å². The Morgan fingerprint density at radius 2 is 2.11 bits per heavy atom. The Balaban J connectivity index is 1.82. The van der Waals surface area contributed by atoms with Crippen LogP contribution in [-0.4, -0.2) is 23.6 Å². The zero-order chi connectivity index (χ0) is 13.7. The molecule has 1 aromatic heterocycles. The van der Waals surface area contributed by atoms with Gasteiger partial charge in [-0.05, 0) is 34.1 Å². The topological polar surface area (TPSA) is 20.3 Å². The third-order valence-corrected chi connectivity index (χ3v) is 5.23. The van der Waals surface area contributed by atoms with E-state index in [9.17, 15) is 4.79 Å². The quantitative estimate of drug-likeness (QED) is 0.746. The van der Waals surface area contributed by atoms with Crippen LogP contribution in [0, 0.1) is 0 Å². The first-order valence-electron chi connectivity index (χ1n) is 5.80. The van der Waals surface area contributed by atoms with Crippen molar-refractivity contribution in [1.82, 2.24) is 4.90 Å². The summed E-state index contributed by atoms with van der Waals surface area (Å²) >= 11 is 6.66. The van der Waals surface area contributed by atoms with Crippen molar-refractivity contribution in [1.29, 1.82) is 0 Å². The number of halogens is 1. The summed E-state index contributed by atoms with van der Waals surface area (Å²) in [5.41, 5.74) is 0. The van der Waals surface area contributed by atoms with Gasteiger partial charge >= 0.3 is 0 Å². The lowest BCUT2D eigenvalue weighted by molar-refractivity contribution is -0.127. The van der Waals surface area contributed by atoms with Gasteiger partial charge in [-0.3, -0.25) is 4.79 Å². The highest BCUT2D eigenvalue weighted by atomic mass is 79.9. The summed E-state index contributed by atoms with van der Waals surface area (Å²) in [4.78, 5) is 16.1. The predicted molar refractivity (Wildman–Crippen MR) is 85.7 cm³/mol. The second kappa shape index (κ2) is 7.12. The summed E-state index contributed by atoms with van der Waals surface area (Å²) in [5.74, 6) is 0.630. The molecule has 2 aromatic rings. The zero-order valence-electron chi connectivity index (χ0n) is 10.5. The first kappa shape index (κ1) is 14.6. The van der Waals surface area contributed by atoms with Crippen LogP contribution in [0.25, 0.3) is 0 Å². The lowest BCUT2D eigenvalue weighted by atomic mass is 10.4. The third-order valence-electron chi connectivity index (χ3n) is 2.55. The van der Waals surface area contributed by atoms with Crippen molar-refractivity contribution in [2.75, 3.05) is 12.8 Å².